The largest absolute Gasteiger partial charge is 0.480 e. The van der Waals surface area contributed by atoms with E-state index in [2.05, 4.69) is 24.1 Å². The van der Waals surface area contributed by atoms with Crippen molar-refractivity contribution in [2.75, 3.05) is 26.2 Å². The molecule has 5 heteroatoms. The summed E-state index contributed by atoms with van der Waals surface area (Å²) in [5.41, 5.74) is 0. The summed E-state index contributed by atoms with van der Waals surface area (Å²) in [6.45, 7) is 6.97. The van der Waals surface area contributed by atoms with Gasteiger partial charge in [-0.05, 0) is 18.3 Å². The van der Waals surface area contributed by atoms with Crippen molar-refractivity contribution in [3.63, 3.8) is 0 Å². The predicted octanol–water partition coefficient (Wildman–Crippen LogP) is 0.555. The second kappa shape index (κ2) is 6.59. The lowest BCUT2D eigenvalue weighted by atomic mass is 9.92. The minimum Gasteiger partial charge on any atom is -0.480 e. The first-order valence-electron chi connectivity index (χ1n) is 6.18. The van der Waals surface area contributed by atoms with Crippen LogP contribution in [-0.2, 0) is 9.59 Å². The lowest BCUT2D eigenvalue weighted by molar-refractivity contribution is -0.138. The molecular formula is C12H22N2O3. The molecule has 2 N–H and O–H groups in total. The van der Waals surface area contributed by atoms with Crippen LogP contribution in [-0.4, -0.2) is 48.1 Å². The number of carbonyl (C=O) groups is 2. The Bertz CT molecular complexity index is 271. The van der Waals surface area contributed by atoms with Crippen LogP contribution < -0.4 is 5.32 Å². The fraction of sp³-hybridized carbons (Fsp3) is 0.833. The zero-order valence-corrected chi connectivity index (χ0v) is 10.6. The van der Waals surface area contributed by atoms with Gasteiger partial charge in [0.2, 0.25) is 5.91 Å². The first-order chi connectivity index (χ1) is 7.97. The van der Waals surface area contributed by atoms with Gasteiger partial charge in [-0.2, -0.15) is 0 Å². The molecule has 17 heavy (non-hydrogen) atoms. The van der Waals surface area contributed by atoms with Crippen molar-refractivity contribution >= 4 is 11.9 Å². The summed E-state index contributed by atoms with van der Waals surface area (Å²) in [5.74, 6) is 0.179. The van der Waals surface area contributed by atoms with Crippen molar-refractivity contribution < 1.29 is 14.7 Å². The summed E-state index contributed by atoms with van der Waals surface area (Å²) in [5, 5.41) is 10.8. The molecule has 0 aromatic carbocycles. The van der Waals surface area contributed by atoms with Gasteiger partial charge in [-0.15, -0.1) is 0 Å². The van der Waals surface area contributed by atoms with E-state index in [4.69, 9.17) is 5.11 Å². The van der Waals surface area contributed by atoms with Gasteiger partial charge < -0.3 is 15.3 Å². The molecule has 1 saturated heterocycles. The number of hydrogen-bond acceptors (Lipinski definition) is 3. The summed E-state index contributed by atoms with van der Waals surface area (Å²) >= 11 is 0. The third-order valence-electron chi connectivity index (χ3n) is 3.04. The van der Waals surface area contributed by atoms with Crippen LogP contribution in [0.5, 0.6) is 0 Å². The number of carboxylic acids is 1. The second-order valence-electron chi connectivity index (χ2n) is 5.13. The van der Waals surface area contributed by atoms with Gasteiger partial charge in [-0.25, -0.2) is 0 Å². The SMILES string of the molecule is CC1CC(C)CN(CCC(=O)NCC(=O)O)C1. The zero-order valence-electron chi connectivity index (χ0n) is 10.6. The molecule has 0 bridgehead atoms. The van der Waals surface area contributed by atoms with E-state index in [1.807, 2.05) is 0 Å². The van der Waals surface area contributed by atoms with E-state index >= 15 is 0 Å². The summed E-state index contributed by atoms with van der Waals surface area (Å²) in [6.07, 6.45) is 1.63. The highest BCUT2D eigenvalue weighted by Crippen LogP contribution is 2.20. The quantitative estimate of drug-likeness (QED) is 0.739. The Kier molecular flexibility index (Phi) is 5.41. The molecule has 0 aliphatic carbocycles. The number of likely N-dealkylation sites (tertiary alicyclic amines) is 1. The Balaban J connectivity index is 2.21. The van der Waals surface area contributed by atoms with Crippen LogP contribution in [0.2, 0.25) is 0 Å². The molecule has 1 aliphatic rings. The summed E-state index contributed by atoms with van der Waals surface area (Å²) in [7, 11) is 0. The Hall–Kier alpha value is -1.10. The molecule has 1 aliphatic heterocycles. The molecule has 1 amide bonds. The van der Waals surface area contributed by atoms with Gasteiger partial charge in [0.1, 0.15) is 6.54 Å². The lowest BCUT2D eigenvalue weighted by Gasteiger charge is -2.34. The maximum absolute atomic E-state index is 11.4. The Morgan fingerprint density at radius 2 is 1.88 bits per heavy atom. The smallest absolute Gasteiger partial charge is 0.322 e. The number of nitrogens with one attached hydrogen (secondary N) is 1. The van der Waals surface area contributed by atoms with Crippen molar-refractivity contribution in [2.45, 2.75) is 26.7 Å². The van der Waals surface area contributed by atoms with E-state index in [0.29, 0.717) is 18.3 Å². The summed E-state index contributed by atoms with van der Waals surface area (Å²) in [6, 6.07) is 0. The van der Waals surface area contributed by atoms with Crippen molar-refractivity contribution in [2.24, 2.45) is 11.8 Å². The highest BCUT2D eigenvalue weighted by atomic mass is 16.4. The maximum atomic E-state index is 11.4. The molecule has 0 saturated carbocycles. The van der Waals surface area contributed by atoms with E-state index < -0.39 is 5.97 Å². The van der Waals surface area contributed by atoms with E-state index in [1.54, 1.807) is 0 Å². The van der Waals surface area contributed by atoms with Crippen molar-refractivity contribution in [3.8, 4) is 0 Å². The number of piperidine rings is 1. The third-order valence-corrected chi connectivity index (χ3v) is 3.04. The van der Waals surface area contributed by atoms with Crippen molar-refractivity contribution in [1.82, 2.24) is 10.2 Å². The molecular weight excluding hydrogens is 220 g/mol. The first kappa shape index (κ1) is 14.0. The number of aliphatic carboxylic acids is 1. The van der Waals surface area contributed by atoms with Gasteiger partial charge in [0.25, 0.3) is 0 Å². The molecule has 1 rings (SSSR count). The molecule has 0 aromatic rings. The van der Waals surface area contributed by atoms with Gasteiger partial charge in [0.05, 0.1) is 0 Å². The van der Waals surface area contributed by atoms with Crippen molar-refractivity contribution in [1.29, 1.82) is 0 Å². The predicted molar refractivity (Wildman–Crippen MR) is 64.6 cm³/mol. The molecule has 2 unspecified atom stereocenters. The molecule has 1 fully saturated rings. The first-order valence-corrected chi connectivity index (χ1v) is 6.18. The Morgan fingerprint density at radius 3 is 2.41 bits per heavy atom. The van der Waals surface area contributed by atoms with Crippen LogP contribution in [0.15, 0.2) is 0 Å². The van der Waals surface area contributed by atoms with Gasteiger partial charge in [0.15, 0.2) is 0 Å². The molecule has 2 atom stereocenters. The fourth-order valence-electron chi connectivity index (χ4n) is 2.50. The van der Waals surface area contributed by atoms with Gasteiger partial charge >= 0.3 is 5.97 Å². The monoisotopic (exact) mass is 242 g/mol. The van der Waals surface area contributed by atoms with E-state index in [-0.39, 0.29) is 12.5 Å². The second-order valence-corrected chi connectivity index (χ2v) is 5.13. The highest BCUT2D eigenvalue weighted by Gasteiger charge is 2.21. The van der Waals surface area contributed by atoms with Crippen LogP contribution in [0.1, 0.15) is 26.7 Å². The maximum Gasteiger partial charge on any atom is 0.322 e. The highest BCUT2D eigenvalue weighted by molar-refractivity contribution is 5.81. The Morgan fingerprint density at radius 1 is 1.29 bits per heavy atom. The van der Waals surface area contributed by atoms with Crippen LogP contribution in [0.25, 0.3) is 0 Å². The third kappa shape index (κ3) is 5.68. The zero-order chi connectivity index (χ0) is 12.8. The van der Waals surface area contributed by atoms with Gasteiger partial charge in [-0.1, -0.05) is 13.8 Å². The van der Waals surface area contributed by atoms with E-state index in [9.17, 15) is 9.59 Å². The number of carbonyl (C=O) groups excluding carboxylic acids is 1. The standard InChI is InChI=1S/C12H22N2O3/c1-9-5-10(2)8-14(7-9)4-3-11(15)13-6-12(16)17/h9-10H,3-8H2,1-2H3,(H,13,15)(H,16,17). The molecule has 0 aromatic heterocycles. The van der Waals surface area contributed by atoms with Gasteiger partial charge in [-0.3, -0.25) is 9.59 Å². The number of nitrogens with zero attached hydrogens (tertiary/aromatic N) is 1. The topological polar surface area (TPSA) is 69.6 Å². The van der Waals surface area contributed by atoms with Crippen LogP contribution in [0.3, 0.4) is 0 Å². The number of carboxylic acid groups (broad SMARTS) is 1. The van der Waals surface area contributed by atoms with Crippen LogP contribution in [0, 0.1) is 11.8 Å². The summed E-state index contributed by atoms with van der Waals surface area (Å²) < 4.78 is 0. The lowest BCUT2D eigenvalue weighted by Crippen LogP contribution is -2.41. The average molecular weight is 242 g/mol. The van der Waals surface area contributed by atoms with Gasteiger partial charge in [0, 0.05) is 26.1 Å². The number of hydrogen-bond donors (Lipinski definition) is 2. The Labute approximate surface area is 102 Å². The average Bonchev–Trinajstić information content (AvgIpc) is 2.22. The van der Waals surface area contributed by atoms with E-state index in [0.717, 1.165) is 19.6 Å². The summed E-state index contributed by atoms with van der Waals surface area (Å²) in [4.78, 5) is 23.9. The normalized spacial score (nSPS) is 25.5. The number of amides is 1. The fourth-order valence-corrected chi connectivity index (χ4v) is 2.50. The van der Waals surface area contributed by atoms with Crippen molar-refractivity contribution in [3.05, 3.63) is 0 Å². The minimum atomic E-state index is -1.00. The molecule has 0 spiro atoms. The minimum absolute atomic E-state index is 0.182. The molecule has 1 heterocycles. The van der Waals surface area contributed by atoms with Crippen LogP contribution in [0.4, 0.5) is 0 Å². The molecule has 0 radical (unpaired) electrons. The molecule has 5 nitrogen and oxygen atoms in total. The number of rotatable bonds is 5. The van der Waals surface area contributed by atoms with E-state index in [1.165, 1.54) is 6.42 Å². The van der Waals surface area contributed by atoms with Crippen LogP contribution >= 0.6 is 0 Å². The molecule has 98 valence electrons.